The lowest BCUT2D eigenvalue weighted by Crippen LogP contribution is -2.40. The van der Waals surface area contributed by atoms with Gasteiger partial charge in [0.15, 0.2) is 0 Å². The van der Waals surface area contributed by atoms with E-state index in [2.05, 4.69) is 4.74 Å². The van der Waals surface area contributed by atoms with Crippen LogP contribution < -0.4 is 0 Å². The van der Waals surface area contributed by atoms with Crippen molar-refractivity contribution >= 4 is 11.9 Å². The van der Waals surface area contributed by atoms with E-state index in [0.717, 1.165) is 12.8 Å². The minimum absolute atomic E-state index is 0.0269. The van der Waals surface area contributed by atoms with Gasteiger partial charge in [-0.15, -0.1) is 0 Å². The largest absolute Gasteiger partial charge is 0.469 e. The minimum atomic E-state index is -0.165. The van der Waals surface area contributed by atoms with Gasteiger partial charge in [-0.2, -0.15) is 0 Å². The first-order chi connectivity index (χ1) is 7.67. The van der Waals surface area contributed by atoms with Gasteiger partial charge in [-0.25, -0.2) is 0 Å². The second kappa shape index (κ2) is 6.48. The lowest BCUT2D eigenvalue weighted by Gasteiger charge is -2.31. The number of rotatable bonds is 4. The van der Waals surface area contributed by atoms with Crippen molar-refractivity contribution in [3.8, 4) is 0 Å². The molecule has 5 heteroatoms. The smallest absolute Gasteiger partial charge is 0.305 e. The summed E-state index contributed by atoms with van der Waals surface area (Å²) in [6, 6.07) is 0. The molecule has 1 fully saturated rings. The molecule has 0 aromatic carbocycles. The Morgan fingerprint density at radius 3 is 2.38 bits per heavy atom. The van der Waals surface area contributed by atoms with Crippen LogP contribution in [0.4, 0.5) is 0 Å². The molecule has 0 aromatic heterocycles. The molecule has 0 spiro atoms. The second-order valence-corrected chi connectivity index (χ2v) is 4.04. The summed E-state index contributed by atoms with van der Waals surface area (Å²) in [5, 5.41) is 0. The molecule has 1 rings (SSSR count). The van der Waals surface area contributed by atoms with Gasteiger partial charge in [-0.3, -0.25) is 9.59 Å². The Hall–Kier alpha value is -1.10. The van der Waals surface area contributed by atoms with Crippen molar-refractivity contribution in [3.63, 3.8) is 0 Å². The van der Waals surface area contributed by atoms with Crippen molar-refractivity contribution in [2.75, 3.05) is 33.9 Å². The van der Waals surface area contributed by atoms with E-state index in [4.69, 9.17) is 4.74 Å². The van der Waals surface area contributed by atoms with E-state index in [9.17, 15) is 9.59 Å². The first kappa shape index (κ1) is 13.0. The van der Waals surface area contributed by atoms with Crippen molar-refractivity contribution in [3.05, 3.63) is 0 Å². The van der Waals surface area contributed by atoms with E-state index in [1.165, 1.54) is 14.2 Å². The SMILES string of the molecule is COCC(=O)N1CCC(CC(=O)OC)CC1. The molecule has 0 aliphatic carbocycles. The van der Waals surface area contributed by atoms with Gasteiger partial charge in [-0.05, 0) is 18.8 Å². The second-order valence-electron chi connectivity index (χ2n) is 4.04. The van der Waals surface area contributed by atoms with Crippen molar-refractivity contribution in [1.82, 2.24) is 4.90 Å². The van der Waals surface area contributed by atoms with Crippen LogP contribution in [0.25, 0.3) is 0 Å². The molecule has 1 saturated heterocycles. The molecule has 16 heavy (non-hydrogen) atoms. The van der Waals surface area contributed by atoms with Crippen LogP contribution in [0.2, 0.25) is 0 Å². The van der Waals surface area contributed by atoms with E-state index in [0.29, 0.717) is 25.4 Å². The molecular weight excluding hydrogens is 210 g/mol. The number of carbonyl (C=O) groups is 2. The molecule has 1 amide bonds. The van der Waals surface area contributed by atoms with Gasteiger partial charge < -0.3 is 14.4 Å². The van der Waals surface area contributed by atoms with E-state index in [1.807, 2.05) is 0 Å². The maximum Gasteiger partial charge on any atom is 0.305 e. The number of ether oxygens (including phenoxy) is 2. The van der Waals surface area contributed by atoms with E-state index >= 15 is 0 Å². The highest BCUT2D eigenvalue weighted by atomic mass is 16.5. The van der Waals surface area contributed by atoms with Crippen LogP contribution in [-0.2, 0) is 19.1 Å². The van der Waals surface area contributed by atoms with Gasteiger partial charge in [0.1, 0.15) is 6.61 Å². The molecule has 0 bridgehead atoms. The highest BCUT2D eigenvalue weighted by Gasteiger charge is 2.24. The summed E-state index contributed by atoms with van der Waals surface area (Å²) in [6.45, 7) is 1.56. The Bertz CT molecular complexity index is 246. The number of methoxy groups -OCH3 is 2. The topological polar surface area (TPSA) is 55.8 Å². The molecule has 0 radical (unpaired) electrons. The van der Waals surface area contributed by atoms with Gasteiger partial charge in [-0.1, -0.05) is 0 Å². The summed E-state index contributed by atoms with van der Waals surface area (Å²) in [4.78, 5) is 24.4. The van der Waals surface area contributed by atoms with Crippen LogP contribution in [0.1, 0.15) is 19.3 Å². The standard InChI is InChI=1S/C11H19NO4/c1-15-8-10(13)12-5-3-9(4-6-12)7-11(14)16-2/h9H,3-8H2,1-2H3. The van der Waals surface area contributed by atoms with E-state index < -0.39 is 0 Å². The molecule has 1 aliphatic heterocycles. The third kappa shape index (κ3) is 3.81. The average molecular weight is 229 g/mol. The quantitative estimate of drug-likeness (QED) is 0.656. The fourth-order valence-corrected chi connectivity index (χ4v) is 1.92. The summed E-state index contributed by atoms with van der Waals surface area (Å²) in [7, 11) is 2.92. The van der Waals surface area contributed by atoms with Gasteiger partial charge in [0, 0.05) is 26.6 Å². The summed E-state index contributed by atoms with van der Waals surface area (Å²) in [6.07, 6.45) is 2.19. The third-order valence-electron chi connectivity index (χ3n) is 2.92. The highest BCUT2D eigenvalue weighted by Crippen LogP contribution is 2.20. The van der Waals surface area contributed by atoms with Crippen LogP contribution in [0.5, 0.6) is 0 Å². The molecule has 5 nitrogen and oxygen atoms in total. The summed E-state index contributed by atoms with van der Waals surface area (Å²) in [5.41, 5.74) is 0. The number of nitrogens with zero attached hydrogens (tertiary/aromatic N) is 1. The van der Waals surface area contributed by atoms with Crippen LogP contribution in [0.3, 0.4) is 0 Å². The number of esters is 1. The number of hydrogen-bond acceptors (Lipinski definition) is 4. The lowest BCUT2D eigenvalue weighted by atomic mass is 9.93. The molecule has 0 aromatic rings. The molecule has 0 atom stereocenters. The first-order valence-electron chi connectivity index (χ1n) is 5.51. The maximum atomic E-state index is 11.5. The molecular formula is C11H19NO4. The number of piperidine rings is 1. The van der Waals surface area contributed by atoms with Gasteiger partial charge >= 0.3 is 5.97 Å². The first-order valence-corrected chi connectivity index (χ1v) is 5.51. The number of amides is 1. The Labute approximate surface area is 95.7 Å². The Morgan fingerprint density at radius 2 is 1.88 bits per heavy atom. The predicted octanol–water partition coefficient (Wildman–Crippen LogP) is 0.435. The van der Waals surface area contributed by atoms with Gasteiger partial charge in [0.05, 0.1) is 7.11 Å². The van der Waals surface area contributed by atoms with Crippen molar-refractivity contribution in [2.24, 2.45) is 5.92 Å². The fraction of sp³-hybridized carbons (Fsp3) is 0.818. The number of hydrogen-bond donors (Lipinski definition) is 0. The Morgan fingerprint density at radius 1 is 1.25 bits per heavy atom. The van der Waals surface area contributed by atoms with Crippen LogP contribution in [0.15, 0.2) is 0 Å². The minimum Gasteiger partial charge on any atom is -0.469 e. The van der Waals surface area contributed by atoms with Gasteiger partial charge in [0.2, 0.25) is 5.91 Å². The zero-order chi connectivity index (χ0) is 12.0. The van der Waals surface area contributed by atoms with Crippen LogP contribution in [-0.4, -0.2) is 50.7 Å². The average Bonchev–Trinajstić information content (AvgIpc) is 2.30. The zero-order valence-corrected chi connectivity index (χ0v) is 9.90. The Balaban J connectivity index is 2.28. The van der Waals surface area contributed by atoms with Crippen molar-refractivity contribution in [2.45, 2.75) is 19.3 Å². The van der Waals surface area contributed by atoms with Crippen LogP contribution >= 0.6 is 0 Å². The summed E-state index contributed by atoms with van der Waals surface area (Å²) < 4.78 is 9.43. The van der Waals surface area contributed by atoms with E-state index in [1.54, 1.807) is 4.90 Å². The summed E-state index contributed by atoms with van der Waals surface area (Å²) >= 11 is 0. The predicted molar refractivity (Wildman–Crippen MR) is 57.8 cm³/mol. The third-order valence-corrected chi connectivity index (χ3v) is 2.92. The monoisotopic (exact) mass is 229 g/mol. The lowest BCUT2D eigenvalue weighted by molar-refractivity contribution is -0.142. The molecule has 92 valence electrons. The normalized spacial score (nSPS) is 17.2. The molecule has 0 unspecified atom stereocenters. The highest BCUT2D eigenvalue weighted by molar-refractivity contribution is 5.77. The van der Waals surface area contributed by atoms with Crippen LogP contribution in [0, 0.1) is 5.92 Å². The van der Waals surface area contributed by atoms with Crippen molar-refractivity contribution in [1.29, 1.82) is 0 Å². The maximum absolute atomic E-state index is 11.5. The number of carbonyl (C=O) groups excluding carboxylic acids is 2. The number of likely N-dealkylation sites (tertiary alicyclic amines) is 1. The molecule has 1 aliphatic rings. The van der Waals surface area contributed by atoms with E-state index in [-0.39, 0.29) is 18.5 Å². The molecule has 0 N–H and O–H groups in total. The molecule has 1 heterocycles. The fourth-order valence-electron chi connectivity index (χ4n) is 1.92. The van der Waals surface area contributed by atoms with Gasteiger partial charge in [0.25, 0.3) is 0 Å². The zero-order valence-electron chi connectivity index (χ0n) is 9.90. The summed E-state index contributed by atoms with van der Waals surface area (Å²) in [5.74, 6) is 0.208. The Kier molecular flexibility index (Phi) is 5.25. The molecule has 0 saturated carbocycles. The van der Waals surface area contributed by atoms with Crippen molar-refractivity contribution < 1.29 is 19.1 Å².